The third kappa shape index (κ3) is 5.84. The number of nitrogens with zero attached hydrogens (tertiary/aromatic N) is 2. The number of aromatic amines is 2. The van der Waals surface area contributed by atoms with Crippen LogP contribution in [-0.2, 0) is 0 Å². The van der Waals surface area contributed by atoms with Crippen LogP contribution >= 0.6 is 0 Å². The Morgan fingerprint density at radius 3 is 2.15 bits per heavy atom. The lowest BCUT2D eigenvalue weighted by Crippen LogP contribution is -2.09. The summed E-state index contributed by atoms with van der Waals surface area (Å²) in [6.07, 6.45) is 3.69. The first-order valence-electron chi connectivity index (χ1n) is 9.53. The molecular formula is C22H32N4O. The van der Waals surface area contributed by atoms with E-state index in [1.165, 1.54) is 5.56 Å². The first kappa shape index (κ1) is 22.2. The second-order valence-corrected chi connectivity index (χ2v) is 5.96. The number of fused-ring (bicyclic) bond motifs is 2. The number of hydrogen-bond donors (Lipinski definition) is 2. The number of imidazole rings is 1. The minimum atomic E-state index is 0.0225. The molecule has 4 aromatic rings. The molecule has 0 bridgehead atoms. The third-order valence-electron chi connectivity index (χ3n) is 3.60. The number of hydrogen-bond acceptors (Lipinski definition) is 2. The smallest absolute Gasteiger partial charge is 0.256 e. The fraction of sp³-hybridized carbons (Fsp3) is 0.364. The molecule has 2 N–H and O–H groups in total. The van der Waals surface area contributed by atoms with Crippen molar-refractivity contribution in [1.82, 2.24) is 19.4 Å². The van der Waals surface area contributed by atoms with Crippen molar-refractivity contribution in [3.05, 3.63) is 69.5 Å². The number of nitrogens with one attached hydrogen (secondary N) is 2. The van der Waals surface area contributed by atoms with Crippen molar-refractivity contribution in [1.29, 1.82) is 0 Å². The number of rotatable bonds is 0. The zero-order valence-corrected chi connectivity index (χ0v) is 17.8. The fourth-order valence-corrected chi connectivity index (χ4v) is 2.62. The van der Waals surface area contributed by atoms with Crippen LogP contribution in [0.15, 0.2) is 41.5 Å². The average Bonchev–Trinajstić information content (AvgIpc) is 3.19. The largest absolute Gasteiger partial charge is 0.357 e. The summed E-state index contributed by atoms with van der Waals surface area (Å²) < 4.78 is 1.61. The van der Waals surface area contributed by atoms with Gasteiger partial charge in [0.25, 0.3) is 5.56 Å². The van der Waals surface area contributed by atoms with Crippen molar-refractivity contribution in [3.63, 3.8) is 0 Å². The van der Waals surface area contributed by atoms with Crippen molar-refractivity contribution < 1.29 is 0 Å². The van der Waals surface area contributed by atoms with Crippen molar-refractivity contribution in [2.45, 2.75) is 55.4 Å². The minimum absolute atomic E-state index is 0.0225. The van der Waals surface area contributed by atoms with Gasteiger partial charge in [-0.3, -0.25) is 14.2 Å². The van der Waals surface area contributed by atoms with Crippen molar-refractivity contribution in [2.24, 2.45) is 0 Å². The van der Waals surface area contributed by atoms with Crippen LogP contribution in [0, 0.1) is 27.7 Å². The van der Waals surface area contributed by atoms with E-state index in [2.05, 4.69) is 27.1 Å². The van der Waals surface area contributed by atoms with Crippen molar-refractivity contribution in [3.8, 4) is 0 Å². The van der Waals surface area contributed by atoms with Crippen LogP contribution in [0.1, 0.15) is 50.2 Å². The molecule has 146 valence electrons. The van der Waals surface area contributed by atoms with Gasteiger partial charge in [-0.1, -0.05) is 27.7 Å². The molecule has 4 aromatic heterocycles. The minimum Gasteiger partial charge on any atom is -0.357 e. The molecule has 0 fully saturated rings. The highest BCUT2D eigenvalue weighted by molar-refractivity contribution is 5.76. The van der Waals surface area contributed by atoms with E-state index in [0.717, 1.165) is 33.6 Å². The lowest BCUT2D eigenvalue weighted by molar-refractivity contribution is 1.10. The van der Waals surface area contributed by atoms with E-state index < -0.39 is 0 Å². The summed E-state index contributed by atoms with van der Waals surface area (Å²) in [7, 11) is 0. The van der Waals surface area contributed by atoms with Gasteiger partial charge in [-0.25, -0.2) is 0 Å². The van der Waals surface area contributed by atoms with E-state index >= 15 is 0 Å². The summed E-state index contributed by atoms with van der Waals surface area (Å²) in [4.78, 5) is 22.0. The molecule has 4 heterocycles. The fourth-order valence-electron chi connectivity index (χ4n) is 2.62. The van der Waals surface area contributed by atoms with Crippen LogP contribution < -0.4 is 5.56 Å². The van der Waals surface area contributed by atoms with Gasteiger partial charge in [0.2, 0.25) is 0 Å². The molecule has 0 amide bonds. The molecule has 0 saturated heterocycles. The summed E-state index contributed by atoms with van der Waals surface area (Å²) in [6, 6.07) is 7.73. The zero-order valence-electron chi connectivity index (χ0n) is 17.8. The molecule has 0 aliphatic carbocycles. The van der Waals surface area contributed by atoms with Gasteiger partial charge in [0.15, 0.2) is 0 Å². The Morgan fingerprint density at radius 2 is 1.48 bits per heavy atom. The standard InChI is InChI=1S/C9H10N2O.C9H10N2.2C2H6/c1-6-3-8-10-7(2)5-11(8)9(12)4-6;1-6-3-9-8(10-5-6)4-7(2)11-9;2*1-2/h3-5,10H,1-2H3;3-5,11H,1-2H3;2*1-2H3. The van der Waals surface area contributed by atoms with Crippen LogP contribution in [0.3, 0.4) is 0 Å². The quantitative estimate of drug-likeness (QED) is 0.432. The summed E-state index contributed by atoms with van der Waals surface area (Å²) in [6.45, 7) is 15.9. The Labute approximate surface area is 161 Å². The van der Waals surface area contributed by atoms with Crippen LogP contribution in [0.2, 0.25) is 0 Å². The molecule has 0 saturated carbocycles. The molecule has 5 heteroatoms. The molecule has 27 heavy (non-hydrogen) atoms. The molecule has 0 aliphatic heterocycles. The molecular weight excluding hydrogens is 336 g/mol. The summed E-state index contributed by atoms with van der Waals surface area (Å²) in [5.41, 5.74) is 7.40. The second-order valence-electron chi connectivity index (χ2n) is 5.96. The highest BCUT2D eigenvalue weighted by atomic mass is 16.1. The lowest BCUT2D eigenvalue weighted by Gasteiger charge is -1.92. The number of aromatic nitrogens is 4. The topological polar surface area (TPSA) is 65.9 Å². The maximum absolute atomic E-state index is 11.4. The summed E-state index contributed by atoms with van der Waals surface area (Å²) >= 11 is 0. The van der Waals surface area contributed by atoms with Gasteiger partial charge in [0, 0.05) is 29.8 Å². The maximum atomic E-state index is 11.4. The molecule has 0 unspecified atom stereocenters. The Hall–Kier alpha value is -2.82. The van der Waals surface area contributed by atoms with E-state index in [4.69, 9.17) is 0 Å². The first-order chi connectivity index (χ1) is 12.9. The van der Waals surface area contributed by atoms with E-state index in [1.807, 2.05) is 67.7 Å². The highest BCUT2D eigenvalue weighted by Crippen LogP contribution is 2.12. The van der Waals surface area contributed by atoms with Crippen LogP contribution in [0.5, 0.6) is 0 Å². The monoisotopic (exact) mass is 368 g/mol. The zero-order chi connectivity index (χ0) is 20.6. The van der Waals surface area contributed by atoms with E-state index in [9.17, 15) is 4.79 Å². The van der Waals surface area contributed by atoms with Crippen molar-refractivity contribution in [2.75, 3.05) is 0 Å². The SMILES string of the molecule is CC.CC.Cc1cc(=O)n2cc(C)[nH]c2c1.Cc1cnc2cc(C)[nH]c2c1. The van der Waals surface area contributed by atoms with Gasteiger partial charge in [0.1, 0.15) is 5.65 Å². The molecule has 0 radical (unpaired) electrons. The molecule has 0 aliphatic rings. The Bertz CT molecular complexity index is 1040. The van der Waals surface area contributed by atoms with Gasteiger partial charge in [-0.15, -0.1) is 0 Å². The molecule has 0 spiro atoms. The normalized spacial score (nSPS) is 9.63. The van der Waals surface area contributed by atoms with Crippen LogP contribution in [0.4, 0.5) is 0 Å². The number of aryl methyl sites for hydroxylation is 4. The summed E-state index contributed by atoms with van der Waals surface area (Å²) in [5.74, 6) is 0. The van der Waals surface area contributed by atoms with Crippen LogP contribution in [0.25, 0.3) is 16.7 Å². The number of pyridine rings is 2. The molecule has 0 atom stereocenters. The van der Waals surface area contributed by atoms with Crippen molar-refractivity contribution >= 4 is 16.7 Å². The lowest BCUT2D eigenvalue weighted by atomic mass is 10.3. The average molecular weight is 369 g/mol. The predicted molar refractivity (Wildman–Crippen MR) is 116 cm³/mol. The Balaban J connectivity index is 0.000000229. The van der Waals surface area contributed by atoms with Gasteiger partial charge < -0.3 is 9.97 Å². The van der Waals surface area contributed by atoms with Crippen LogP contribution in [-0.4, -0.2) is 19.4 Å². The number of H-pyrrole nitrogens is 2. The third-order valence-corrected chi connectivity index (χ3v) is 3.60. The summed E-state index contributed by atoms with van der Waals surface area (Å²) in [5, 5.41) is 0. The Kier molecular flexibility index (Phi) is 8.52. The van der Waals surface area contributed by atoms with Gasteiger partial charge in [0.05, 0.1) is 11.0 Å². The molecule has 0 aromatic carbocycles. The maximum Gasteiger partial charge on any atom is 0.256 e. The first-order valence-corrected chi connectivity index (χ1v) is 9.53. The van der Waals surface area contributed by atoms with E-state index in [-0.39, 0.29) is 5.56 Å². The molecule has 5 nitrogen and oxygen atoms in total. The predicted octanol–water partition coefficient (Wildman–Crippen LogP) is 5.48. The van der Waals surface area contributed by atoms with E-state index in [1.54, 1.807) is 16.7 Å². The molecule has 4 rings (SSSR count). The Morgan fingerprint density at radius 1 is 0.815 bits per heavy atom. The van der Waals surface area contributed by atoms with Gasteiger partial charge in [-0.2, -0.15) is 0 Å². The second kappa shape index (κ2) is 10.4. The van der Waals surface area contributed by atoms with E-state index in [0.29, 0.717) is 0 Å². The van der Waals surface area contributed by atoms with Gasteiger partial charge >= 0.3 is 0 Å². The van der Waals surface area contributed by atoms with Gasteiger partial charge in [-0.05, 0) is 57.0 Å². The highest BCUT2D eigenvalue weighted by Gasteiger charge is 1.99.